The lowest BCUT2D eigenvalue weighted by atomic mass is 9.72. The van der Waals surface area contributed by atoms with E-state index in [1.54, 1.807) is 0 Å². The Morgan fingerprint density at radius 1 is 1.20 bits per heavy atom. The molecule has 1 spiro atoms. The fourth-order valence-electron chi connectivity index (χ4n) is 3.33. The third-order valence-corrected chi connectivity index (χ3v) is 5.81. The molecule has 0 heterocycles. The molecule has 2 aliphatic rings. The first-order valence-corrected chi connectivity index (χ1v) is 7.60. The van der Waals surface area contributed by atoms with Crippen LogP contribution in [-0.2, 0) is 14.6 Å². The highest BCUT2D eigenvalue weighted by atomic mass is 32.2. The third kappa shape index (κ3) is 1.96. The molecule has 0 aromatic rings. The van der Waals surface area contributed by atoms with Gasteiger partial charge in [-0.1, -0.05) is 12.8 Å². The maximum absolute atomic E-state index is 11.7. The van der Waals surface area contributed by atoms with E-state index in [4.69, 9.17) is 0 Å². The summed E-state index contributed by atoms with van der Waals surface area (Å²) in [5.41, 5.74) is -0.0541. The summed E-state index contributed by atoms with van der Waals surface area (Å²) in [6.45, 7) is 0. The maximum atomic E-state index is 11.7. The van der Waals surface area contributed by atoms with E-state index in [-0.39, 0.29) is 17.6 Å². The highest BCUT2D eigenvalue weighted by Gasteiger charge is 2.49. The zero-order chi connectivity index (χ0) is 11.1. The zero-order valence-electron chi connectivity index (χ0n) is 9.16. The van der Waals surface area contributed by atoms with Crippen LogP contribution < -0.4 is 0 Å². The molecule has 0 bridgehead atoms. The molecule has 0 aromatic carbocycles. The molecule has 15 heavy (non-hydrogen) atoms. The minimum Gasteiger partial charge on any atom is -0.300 e. The molecule has 0 saturated heterocycles. The van der Waals surface area contributed by atoms with Gasteiger partial charge in [-0.25, -0.2) is 8.42 Å². The molecule has 1 unspecified atom stereocenters. The molecule has 1 atom stereocenters. The van der Waals surface area contributed by atoms with Crippen molar-refractivity contribution in [1.29, 1.82) is 0 Å². The highest BCUT2D eigenvalue weighted by Crippen LogP contribution is 2.50. The summed E-state index contributed by atoms with van der Waals surface area (Å²) in [7, 11) is -3.07. The molecule has 0 aromatic heterocycles. The van der Waals surface area contributed by atoms with Crippen LogP contribution in [0.5, 0.6) is 0 Å². The second-order valence-electron chi connectivity index (χ2n) is 5.13. The highest BCUT2D eigenvalue weighted by molar-refractivity contribution is 7.91. The smallest absolute Gasteiger partial charge is 0.151 e. The number of carbonyl (C=O) groups is 1. The molecular formula is C11H18O3S. The van der Waals surface area contributed by atoms with Crippen LogP contribution in [0, 0.1) is 5.41 Å². The number of hydrogen-bond donors (Lipinski definition) is 0. The Labute approximate surface area is 91.2 Å². The third-order valence-electron chi connectivity index (χ3n) is 4.11. The van der Waals surface area contributed by atoms with Crippen LogP contribution in [0.3, 0.4) is 0 Å². The van der Waals surface area contributed by atoms with E-state index in [9.17, 15) is 13.2 Å². The van der Waals surface area contributed by atoms with Crippen molar-refractivity contribution in [2.45, 2.75) is 50.2 Å². The number of Topliss-reactive ketones (excluding diaryl/α,β-unsaturated/α-hetero) is 1. The molecule has 0 amide bonds. The summed E-state index contributed by atoms with van der Waals surface area (Å²) in [4.78, 5) is 11.4. The molecule has 4 heteroatoms. The number of carbonyl (C=O) groups excluding carboxylic acids is 1. The van der Waals surface area contributed by atoms with Crippen molar-refractivity contribution in [3.63, 3.8) is 0 Å². The van der Waals surface area contributed by atoms with Crippen LogP contribution in [0.2, 0.25) is 0 Å². The Hall–Kier alpha value is -0.380. The topological polar surface area (TPSA) is 51.2 Å². The van der Waals surface area contributed by atoms with Gasteiger partial charge < -0.3 is 0 Å². The average Bonchev–Trinajstić information content (AvgIpc) is 2.57. The lowest BCUT2D eigenvalue weighted by Crippen LogP contribution is -2.43. The van der Waals surface area contributed by atoms with E-state index in [0.717, 1.165) is 32.1 Å². The van der Waals surface area contributed by atoms with Crippen LogP contribution >= 0.6 is 0 Å². The SMILES string of the molecule is CS(=O)(=O)C1CC(=O)CCC12CCCC2. The predicted octanol–water partition coefficient (Wildman–Crippen LogP) is 1.71. The van der Waals surface area contributed by atoms with Crippen LogP contribution in [0.1, 0.15) is 44.9 Å². The van der Waals surface area contributed by atoms with Crippen LogP contribution in [0.25, 0.3) is 0 Å². The summed E-state index contributed by atoms with van der Waals surface area (Å²) >= 11 is 0. The standard InChI is InChI=1S/C11H18O3S/c1-15(13,14)10-8-9(12)4-7-11(10)5-2-3-6-11/h10H,2-8H2,1H3. The minimum absolute atomic E-state index is 0.0541. The van der Waals surface area contributed by atoms with Gasteiger partial charge in [0, 0.05) is 19.1 Å². The largest absolute Gasteiger partial charge is 0.300 e. The molecule has 86 valence electrons. The lowest BCUT2D eigenvalue weighted by molar-refractivity contribution is -0.122. The molecule has 0 radical (unpaired) electrons. The van der Waals surface area contributed by atoms with Gasteiger partial charge in [-0.3, -0.25) is 4.79 Å². The van der Waals surface area contributed by atoms with E-state index < -0.39 is 15.1 Å². The lowest BCUT2D eigenvalue weighted by Gasteiger charge is -2.39. The molecule has 0 N–H and O–H groups in total. The first kappa shape index (κ1) is 11.1. The summed E-state index contributed by atoms with van der Waals surface area (Å²) in [5.74, 6) is 0.128. The van der Waals surface area contributed by atoms with Crippen molar-refractivity contribution in [2.24, 2.45) is 5.41 Å². The van der Waals surface area contributed by atoms with Gasteiger partial charge in [0.1, 0.15) is 5.78 Å². The molecule has 2 fully saturated rings. The quantitative estimate of drug-likeness (QED) is 0.689. The maximum Gasteiger partial charge on any atom is 0.151 e. The van der Waals surface area contributed by atoms with Crippen molar-refractivity contribution >= 4 is 15.6 Å². The second kappa shape index (κ2) is 3.58. The van der Waals surface area contributed by atoms with Crippen molar-refractivity contribution in [1.82, 2.24) is 0 Å². The van der Waals surface area contributed by atoms with E-state index in [2.05, 4.69) is 0 Å². The van der Waals surface area contributed by atoms with Crippen molar-refractivity contribution < 1.29 is 13.2 Å². The first-order chi connectivity index (χ1) is 6.94. The molecule has 3 nitrogen and oxygen atoms in total. The summed E-state index contributed by atoms with van der Waals surface area (Å²) in [6, 6.07) is 0. The van der Waals surface area contributed by atoms with Crippen LogP contribution in [0.4, 0.5) is 0 Å². The van der Waals surface area contributed by atoms with Crippen LogP contribution in [-0.4, -0.2) is 25.7 Å². The van der Waals surface area contributed by atoms with E-state index in [1.165, 1.54) is 6.26 Å². The Kier molecular flexibility index (Phi) is 2.65. The molecule has 2 rings (SSSR count). The Bertz CT molecular complexity index is 363. The molecule has 2 saturated carbocycles. The van der Waals surface area contributed by atoms with E-state index in [1.807, 2.05) is 0 Å². The monoisotopic (exact) mass is 230 g/mol. The molecule has 0 aliphatic heterocycles. The van der Waals surface area contributed by atoms with Gasteiger partial charge in [0.05, 0.1) is 5.25 Å². The molecule has 2 aliphatic carbocycles. The normalized spacial score (nSPS) is 31.0. The first-order valence-electron chi connectivity index (χ1n) is 5.65. The van der Waals surface area contributed by atoms with Gasteiger partial charge in [0.15, 0.2) is 9.84 Å². The minimum atomic E-state index is -3.07. The average molecular weight is 230 g/mol. The Morgan fingerprint density at radius 2 is 1.80 bits per heavy atom. The number of sulfone groups is 1. The second-order valence-corrected chi connectivity index (χ2v) is 7.36. The molecular weight excluding hydrogens is 212 g/mol. The van der Waals surface area contributed by atoms with Crippen molar-refractivity contribution in [3.8, 4) is 0 Å². The fourth-order valence-corrected chi connectivity index (χ4v) is 5.08. The summed E-state index contributed by atoms with van der Waals surface area (Å²) in [5, 5.41) is -0.395. The van der Waals surface area contributed by atoms with Gasteiger partial charge in [-0.2, -0.15) is 0 Å². The number of hydrogen-bond acceptors (Lipinski definition) is 3. The van der Waals surface area contributed by atoms with Crippen molar-refractivity contribution in [3.05, 3.63) is 0 Å². The fraction of sp³-hybridized carbons (Fsp3) is 0.909. The number of rotatable bonds is 1. The Morgan fingerprint density at radius 3 is 2.33 bits per heavy atom. The van der Waals surface area contributed by atoms with E-state index >= 15 is 0 Å². The number of ketones is 1. The van der Waals surface area contributed by atoms with Gasteiger partial charge in [0.25, 0.3) is 0 Å². The van der Waals surface area contributed by atoms with Crippen LogP contribution in [0.15, 0.2) is 0 Å². The van der Waals surface area contributed by atoms with Gasteiger partial charge >= 0.3 is 0 Å². The predicted molar refractivity (Wildman–Crippen MR) is 58.4 cm³/mol. The van der Waals surface area contributed by atoms with E-state index in [0.29, 0.717) is 6.42 Å². The summed E-state index contributed by atoms with van der Waals surface area (Å²) < 4.78 is 23.5. The summed E-state index contributed by atoms with van der Waals surface area (Å²) in [6.07, 6.45) is 7.18. The van der Waals surface area contributed by atoms with Gasteiger partial charge in [0.2, 0.25) is 0 Å². The zero-order valence-corrected chi connectivity index (χ0v) is 9.98. The van der Waals surface area contributed by atoms with Gasteiger partial charge in [-0.05, 0) is 24.7 Å². The van der Waals surface area contributed by atoms with Gasteiger partial charge in [-0.15, -0.1) is 0 Å². The Balaban J connectivity index is 2.32. The van der Waals surface area contributed by atoms with Crippen molar-refractivity contribution in [2.75, 3.05) is 6.26 Å².